The molecule has 3 aromatic carbocycles. The van der Waals surface area contributed by atoms with E-state index in [4.69, 9.17) is 30.0 Å². The second-order valence-electron chi connectivity index (χ2n) is 13.0. The molecule has 0 unspecified atom stereocenters. The van der Waals surface area contributed by atoms with E-state index in [0.29, 0.717) is 13.0 Å². The van der Waals surface area contributed by atoms with Crippen molar-refractivity contribution >= 4 is 33.9 Å². The third kappa shape index (κ3) is 8.09. The number of nitrogens with zero attached hydrogens (tertiary/aromatic N) is 2. The van der Waals surface area contributed by atoms with Crippen molar-refractivity contribution in [3.8, 4) is 0 Å². The van der Waals surface area contributed by atoms with E-state index < -0.39 is 46.7 Å². The number of alkyl halides is 1. The maximum Gasteiger partial charge on any atom is 0.410 e. The van der Waals surface area contributed by atoms with Gasteiger partial charge in [0.25, 0.3) is 10.1 Å². The molecule has 268 valence electrons. The van der Waals surface area contributed by atoms with E-state index in [2.05, 4.69) is 0 Å². The second kappa shape index (κ2) is 15.7. The largest absolute Gasteiger partial charge is 0.445 e. The van der Waals surface area contributed by atoms with Crippen LogP contribution in [0.5, 0.6) is 0 Å². The summed E-state index contributed by atoms with van der Waals surface area (Å²) >= 11 is 6.27. The number of ether oxygens (including phenoxy) is 3. The molecule has 2 amide bonds. The van der Waals surface area contributed by atoms with Crippen molar-refractivity contribution in [1.29, 1.82) is 0 Å². The van der Waals surface area contributed by atoms with Gasteiger partial charge in [0.05, 0.1) is 41.6 Å². The number of aryl methyl sites for hydroxylation is 1. The van der Waals surface area contributed by atoms with E-state index in [9.17, 15) is 28.2 Å². The van der Waals surface area contributed by atoms with Crippen LogP contribution in [0.3, 0.4) is 0 Å². The van der Waals surface area contributed by atoms with E-state index in [-0.39, 0.29) is 54.7 Å². The number of likely N-dealkylation sites (tertiary alicyclic amines) is 2. The number of hydrogen-bond acceptors (Lipinski definition) is 10. The minimum absolute atomic E-state index is 0.0117. The third-order valence-electron chi connectivity index (χ3n) is 9.56. The van der Waals surface area contributed by atoms with Gasteiger partial charge >= 0.3 is 12.2 Å². The molecule has 3 saturated heterocycles. The number of aliphatic hydroxyl groups excluding tert-OH is 2. The van der Waals surface area contributed by atoms with E-state index >= 15 is 0 Å². The van der Waals surface area contributed by atoms with Crippen LogP contribution in [0.4, 0.5) is 9.59 Å². The lowest BCUT2D eigenvalue weighted by molar-refractivity contribution is 0.0261. The Morgan fingerprint density at radius 2 is 1.36 bits per heavy atom. The number of halogens is 1. The molecule has 50 heavy (non-hydrogen) atoms. The minimum Gasteiger partial charge on any atom is -0.445 e. The molecule has 7 rings (SSSR count). The highest BCUT2D eigenvalue weighted by atomic mass is 35.5. The van der Waals surface area contributed by atoms with Crippen LogP contribution in [-0.2, 0) is 41.7 Å². The molecular weight excluding hydrogens is 688 g/mol. The van der Waals surface area contributed by atoms with Gasteiger partial charge in [0.1, 0.15) is 31.5 Å². The van der Waals surface area contributed by atoms with Gasteiger partial charge in [-0.25, -0.2) is 9.59 Å². The molecule has 8 atom stereocenters. The molecule has 3 aliphatic heterocycles. The highest BCUT2D eigenvalue weighted by molar-refractivity contribution is 7.86. The first-order valence-electron chi connectivity index (χ1n) is 16.6. The average molecular weight is 729 g/mol. The van der Waals surface area contributed by atoms with Crippen molar-refractivity contribution in [2.75, 3.05) is 19.7 Å². The number of amides is 2. The Balaban J connectivity index is 0.000000187. The fraction of sp³-hybridized carbons (Fsp3) is 0.444. The normalized spacial score (nSPS) is 28.4. The zero-order valence-corrected chi connectivity index (χ0v) is 29.1. The Morgan fingerprint density at radius 3 is 1.94 bits per heavy atom. The Bertz CT molecular complexity index is 1720. The lowest BCUT2D eigenvalue weighted by atomic mass is 10.0. The zero-order chi connectivity index (χ0) is 35.4. The Hall–Kier alpha value is -3.72. The quantitative estimate of drug-likeness (QED) is 0.267. The van der Waals surface area contributed by atoms with Gasteiger partial charge in [0.2, 0.25) is 0 Å². The summed E-state index contributed by atoms with van der Waals surface area (Å²) in [5.74, 6) is 0.191. The topological polar surface area (TPSA) is 152 Å². The van der Waals surface area contributed by atoms with Crippen LogP contribution in [0.15, 0.2) is 89.8 Å². The molecule has 3 aromatic rings. The van der Waals surface area contributed by atoms with Gasteiger partial charge in [0.15, 0.2) is 0 Å². The predicted octanol–water partition coefficient (Wildman–Crippen LogP) is 4.24. The van der Waals surface area contributed by atoms with Gasteiger partial charge < -0.3 is 29.3 Å². The first-order chi connectivity index (χ1) is 24.0. The molecule has 0 bridgehead atoms. The number of benzene rings is 3. The fourth-order valence-corrected chi connectivity index (χ4v) is 8.53. The summed E-state index contributed by atoms with van der Waals surface area (Å²) in [6.07, 6.45) is -2.58. The Labute approximate surface area is 296 Å². The third-order valence-corrected chi connectivity index (χ3v) is 11.4. The molecular formula is C36H41ClN2O10S. The summed E-state index contributed by atoms with van der Waals surface area (Å²) in [5, 5.41) is 20.2. The first-order valence-corrected chi connectivity index (χ1v) is 18.4. The summed E-state index contributed by atoms with van der Waals surface area (Å²) in [6, 6.07) is 24.1. The minimum atomic E-state index is -4.06. The van der Waals surface area contributed by atoms with Gasteiger partial charge in [-0.15, -0.1) is 11.6 Å². The smallest absolute Gasteiger partial charge is 0.410 e. The monoisotopic (exact) mass is 728 g/mol. The van der Waals surface area contributed by atoms with E-state index in [1.807, 2.05) is 67.6 Å². The van der Waals surface area contributed by atoms with Gasteiger partial charge in [-0.05, 0) is 43.0 Å². The Morgan fingerprint density at radius 1 is 0.800 bits per heavy atom. The molecule has 4 aliphatic rings. The number of aliphatic hydroxyl groups is 2. The summed E-state index contributed by atoms with van der Waals surface area (Å²) in [6.45, 7) is 2.55. The van der Waals surface area contributed by atoms with Crippen LogP contribution < -0.4 is 0 Å². The number of rotatable bonds is 7. The lowest BCUT2D eigenvalue weighted by Crippen LogP contribution is -2.44. The summed E-state index contributed by atoms with van der Waals surface area (Å²) in [7, 11) is -4.06. The first kappa shape index (κ1) is 36.1. The molecule has 0 radical (unpaired) electrons. The van der Waals surface area contributed by atoms with Crippen LogP contribution in [0.1, 0.15) is 29.5 Å². The van der Waals surface area contributed by atoms with Crippen LogP contribution in [0.25, 0.3) is 0 Å². The van der Waals surface area contributed by atoms with Crippen LogP contribution >= 0.6 is 11.6 Å². The van der Waals surface area contributed by atoms with Crippen molar-refractivity contribution in [1.82, 2.24) is 9.80 Å². The summed E-state index contributed by atoms with van der Waals surface area (Å²) < 4.78 is 47.0. The molecule has 0 aromatic heterocycles. The molecule has 1 aliphatic carbocycles. The predicted molar refractivity (Wildman–Crippen MR) is 182 cm³/mol. The highest BCUT2D eigenvalue weighted by Crippen LogP contribution is 2.41. The van der Waals surface area contributed by atoms with Crippen LogP contribution in [0.2, 0.25) is 0 Å². The van der Waals surface area contributed by atoms with Gasteiger partial charge in [-0.1, -0.05) is 78.4 Å². The number of hydrogen-bond donors (Lipinski definition) is 2. The van der Waals surface area contributed by atoms with Crippen molar-refractivity contribution in [2.24, 2.45) is 5.92 Å². The molecule has 12 nitrogen and oxygen atoms in total. The number of carbonyl (C=O) groups is 2. The molecule has 1 saturated carbocycles. The zero-order valence-electron chi connectivity index (χ0n) is 27.5. The standard InChI is InChI=1S/C21H23NO7S.C15H18ClNO3/c1-14-7-9-16(10-8-14)30(25,26)29-18-11-22(19-17(23)13-27-20(18)19)21(24)28-12-15-5-3-2-4-6-15;16-12-8-17(14-11(12)6-7-13(14)18)15(19)20-9-10-4-2-1-3-5-10/h2-10,17-20,23H,11-13H2,1H3;1-5,11-14,18H,6-9H2/t17-,18+,19+,20+;11-,12+,13+,14+/m01/s1. The number of fused-ring (bicyclic) bond motifs is 2. The van der Waals surface area contributed by atoms with Crippen molar-refractivity contribution in [2.45, 2.75) is 79.8 Å². The Kier molecular flexibility index (Phi) is 11.3. The van der Waals surface area contributed by atoms with Crippen LogP contribution in [0, 0.1) is 12.8 Å². The highest BCUT2D eigenvalue weighted by Gasteiger charge is 2.55. The summed E-state index contributed by atoms with van der Waals surface area (Å²) in [4.78, 5) is 27.8. The van der Waals surface area contributed by atoms with Gasteiger partial charge in [-0.3, -0.25) is 9.08 Å². The molecule has 0 spiro atoms. The molecule has 3 heterocycles. The van der Waals surface area contributed by atoms with Crippen LogP contribution in [-0.4, -0.2) is 102 Å². The van der Waals surface area contributed by atoms with Crippen molar-refractivity contribution in [3.63, 3.8) is 0 Å². The lowest BCUT2D eigenvalue weighted by Gasteiger charge is -2.25. The summed E-state index contributed by atoms with van der Waals surface area (Å²) in [5.41, 5.74) is 2.69. The fourth-order valence-electron chi connectivity index (χ4n) is 7.03. The molecule has 4 fully saturated rings. The van der Waals surface area contributed by atoms with E-state index in [1.54, 1.807) is 17.0 Å². The van der Waals surface area contributed by atoms with Gasteiger partial charge in [-0.2, -0.15) is 8.42 Å². The van der Waals surface area contributed by atoms with Crippen molar-refractivity contribution in [3.05, 3.63) is 102 Å². The maximum atomic E-state index is 12.7. The molecule has 2 N–H and O–H groups in total. The SMILES string of the molecule is Cc1ccc(S(=O)(=O)O[C@@H]2CN(C(=O)OCc3ccccc3)[C@H]3[C@@H]2OC[C@@H]3O)cc1.O=C(OCc1ccccc1)N1C[C@H](Cl)[C@H]2CC[C@H](O)[C@H]21. The maximum absolute atomic E-state index is 12.7. The average Bonchev–Trinajstić information content (AvgIpc) is 3.88. The van der Waals surface area contributed by atoms with E-state index in [1.165, 1.54) is 17.0 Å². The second-order valence-corrected chi connectivity index (χ2v) is 15.1. The molecule has 14 heteroatoms. The van der Waals surface area contributed by atoms with Gasteiger partial charge in [0, 0.05) is 12.5 Å². The number of carbonyl (C=O) groups excluding carboxylic acids is 2. The van der Waals surface area contributed by atoms with E-state index in [0.717, 1.165) is 23.1 Å². The van der Waals surface area contributed by atoms with Crippen molar-refractivity contribution < 1.29 is 46.6 Å².